The van der Waals surface area contributed by atoms with E-state index >= 15 is 0 Å². The number of halogens is 1. The van der Waals surface area contributed by atoms with Gasteiger partial charge in [0.2, 0.25) is 0 Å². The second kappa shape index (κ2) is 9.09. The highest BCUT2D eigenvalue weighted by Crippen LogP contribution is 2.38. The average Bonchev–Trinajstić information content (AvgIpc) is 2.62. The van der Waals surface area contributed by atoms with E-state index in [1.54, 1.807) is 0 Å². The maximum atomic E-state index is 6.27. The van der Waals surface area contributed by atoms with Crippen LogP contribution in [0.2, 0.25) is 5.02 Å². The van der Waals surface area contributed by atoms with Gasteiger partial charge in [0.1, 0.15) is 13.2 Å². The van der Waals surface area contributed by atoms with Crippen molar-refractivity contribution < 1.29 is 9.47 Å². The highest BCUT2D eigenvalue weighted by atomic mass is 35.5. The third-order valence-electron chi connectivity index (χ3n) is 4.17. The Kier molecular flexibility index (Phi) is 6.56. The van der Waals surface area contributed by atoms with Crippen molar-refractivity contribution in [3.05, 3.63) is 58.6 Å². The van der Waals surface area contributed by atoms with Crippen molar-refractivity contribution in [2.75, 3.05) is 33.4 Å². The quantitative estimate of drug-likeness (QED) is 0.727. The fourth-order valence-corrected chi connectivity index (χ4v) is 3.23. The summed E-state index contributed by atoms with van der Waals surface area (Å²) in [4.78, 5) is 2.35. The molecule has 1 heterocycles. The normalized spacial score (nSPS) is 13.2. The van der Waals surface area contributed by atoms with Crippen molar-refractivity contribution in [2.45, 2.75) is 19.5 Å². The molecule has 0 radical (unpaired) electrons. The average molecular weight is 361 g/mol. The van der Waals surface area contributed by atoms with Crippen molar-refractivity contribution in [3.63, 3.8) is 0 Å². The summed E-state index contributed by atoms with van der Waals surface area (Å²) in [5.74, 6) is 1.41. The molecule has 4 nitrogen and oxygen atoms in total. The first-order chi connectivity index (χ1) is 12.2. The molecule has 0 saturated carbocycles. The maximum absolute atomic E-state index is 6.27. The Balaban J connectivity index is 1.38. The molecule has 1 aliphatic rings. The molecular formula is C20H25ClN2O2. The number of hydrogen-bond acceptors (Lipinski definition) is 4. The Morgan fingerprint density at radius 2 is 1.88 bits per heavy atom. The van der Waals surface area contributed by atoms with E-state index in [1.165, 1.54) is 5.56 Å². The van der Waals surface area contributed by atoms with E-state index in [0.29, 0.717) is 24.0 Å². The van der Waals surface area contributed by atoms with Gasteiger partial charge in [-0.3, -0.25) is 0 Å². The first-order valence-electron chi connectivity index (χ1n) is 8.73. The van der Waals surface area contributed by atoms with Crippen LogP contribution >= 0.6 is 11.6 Å². The van der Waals surface area contributed by atoms with Crippen LogP contribution in [-0.4, -0.2) is 38.3 Å². The molecule has 0 spiro atoms. The smallest absolute Gasteiger partial charge is 0.179 e. The van der Waals surface area contributed by atoms with Crippen LogP contribution in [0.5, 0.6) is 11.5 Å². The molecule has 0 unspecified atom stereocenters. The lowest BCUT2D eigenvalue weighted by Crippen LogP contribution is -2.24. The molecule has 0 aromatic heterocycles. The molecule has 0 aliphatic carbocycles. The molecule has 0 fully saturated rings. The van der Waals surface area contributed by atoms with Crippen molar-refractivity contribution in [1.29, 1.82) is 0 Å². The number of ether oxygens (including phenoxy) is 2. The molecule has 5 heteroatoms. The number of fused-ring (bicyclic) bond motifs is 1. The summed E-state index contributed by atoms with van der Waals surface area (Å²) in [6, 6.07) is 14.5. The number of nitrogens with one attached hydrogen (secondary N) is 1. The van der Waals surface area contributed by atoms with Gasteiger partial charge in [0.15, 0.2) is 11.5 Å². The highest BCUT2D eigenvalue weighted by molar-refractivity contribution is 6.32. The van der Waals surface area contributed by atoms with Gasteiger partial charge in [-0.1, -0.05) is 41.9 Å². The topological polar surface area (TPSA) is 33.7 Å². The Hall–Kier alpha value is -1.75. The molecule has 1 aliphatic heterocycles. The summed E-state index contributed by atoms with van der Waals surface area (Å²) >= 11 is 6.27. The Bertz CT molecular complexity index is 679. The maximum Gasteiger partial charge on any atom is 0.179 e. The zero-order valence-corrected chi connectivity index (χ0v) is 15.4. The molecule has 3 rings (SSSR count). The SMILES string of the molecule is CN(CCCNCc1cc(Cl)c2c(c1)OCCO2)Cc1ccccc1. The van der Waals surface area contributed by atoms with Crippen LogP contribution in [0.4, 0.5) is 0 Å². The second-order valence-corrected chi connectivity index (χ2v) is 6.76. The van der Waals surface area contributed by atoms with E-state index in [2.05, 4.69) is 47.6 Å². The molecule has 25 heavy (non-hydrogen) atoms. The summed E-state index contributed by atoms with van der Waals surface area (Å²) in [6.45, 7) is 4.92. The minimum Gasteiger partial charge on any atom is -0.486 e. The molecule has 2 aromatic carbocycles. The van der Waals surface area contributed by atoms with Crippen molar-refractivity contribution >= 4 is 11.6 Å². The Morgan fingerprint density at radius 1 is 1.08 bits per heavy atom. The molecular weight excluding hydrogens is 336 g/mol. The molecule has 0 amide bonds. The largest absolute Gasteiger partial charge is 0.486 e. The van der Waals surface area contributed by atoms with Gasteiger partial charge in [-0.05, 0) is 49.8 Å². The third-order valence-corrected chi connectivity index (χ3v) is 4.46. The minimum atomic E-state index is 0.556. The van der Waals surface area contributed by atoms with Gasteiger partial charge in [0.25, 0.3) is 0 Å². The Labute approximate surface area is 154 Å². The number of benzene rings is 2. The number of rotatable bonds is 8. The van der Waals surface area contributed by atoms with Gasteiger partial charge < -0.3 is 19.7 Å². The van der Waals surface area contributed by atoms with E-state index in [1.807, 2.05) is 12.1 Å². The second-order valence-electron chi connectivity index (χ2n) is 6.36. The van der Waals surface area contributed by atoms with E-state index in [0.717, 1.165) is 43.9 Å². The summed E-state index contributed by atoms with van der Waals surface area (Å²) in [7, 11) is 2.16. The standard InChI is InChI=1S/C20H25ClN2O2/c1-23(15-16-6-3-2-4-7-16)9-5-8-22-14-17-12-18(21)20-19(13-17)24-10-11-25-20/h2-4,6-7,12-13,22H,5,8-11,14-15H2,1H3. The van der Waals surface area contributed by atoms with Crippen LogP contribution in [0.25, 0.3) is 0 Å². The van der Waals surface area contributed by atoms with Crippen molar-refractivity contribution in [3.8, 4) is 11.5 Å². The van der Waals surface area contributed by atoms with Gasteiger partial charge in [-0.25, -0.2) is 0 Å². The molecule has 0 bridgehead atoms. The molecule has 134 valence electrons. The summed E-state index contributed by atoms with van der Waals surface area (Å²) in [6.07, 6.45) is 1.10. The summed E-state index contributed by atoms with van der Waals surface area (Å²) in [5.41, 5.74) is 2.47. The van der Waals surface area contributed by atoms with Crippen LogP contribution in [0.1, 0.15) is 17.5 Å². The molecule has 2 aromatic rings. The molecule has 0 saturated heterocycles. The number of hydrogen-bond donors (Lipinski definition) is 1. The van der Waals surface area contributed by atoms with E-state index < -0.39 is 0 Å². The summed E-state index contributed by atoms with van der Waals surface area (Å²) < 4.78 is 11.2. The van der Waals surface area contributed by atoms with E-state index in [-0.39, 0.29) is 0 Å². The predicted octanol–water partition coefficient (Wildman–Crippen LogP) is 3.72. The van der Waals surface area contributed by atoms with Gasteiger partial charge in [-0.2, -0.15) is 0 Å². The predicted molar refractivity (Wildman–Crippen MR) is 102 cm³/mol. The van der Waals surface area contributed by atoms with Crippen LogP contribution < -0.4 is 14.8 Å². The van der Waals surface area contributed by atoms with E-state index in [4.69, 9.17) is 21.1 Å². The highest BCUT2D eigenvalue weighted by Gasteiger charge is 2.16. The first kappa shape index (κ1) is 18.1. The zero-order chi connectivity index (χ0) is 17.5. The number of nitrogens with zero attached hydrogens (tertiary/aromatic N) is 1. The van der Waals surface area contributed by atoms with Gasteiger partial charge in [0.05, 0.1) is 5.02 Å². The lowest BCUT2D eigenvalue weighted by Gasteiger charge is -2.20. The van der Waals surface area contributed by atoms with Gasteiger partial charge in [-0.15, -0.1) is 0 Å². The van der Waals surface area contributed by atoms with Gasteiger partial charge in [0, 0.05) is 13.1 Å². The summed E-state index contributed by atoms with van der Waals surface area (Å²) in [5, 5.41) is 4.10. The fraction of sp³-hybridized carbons (Fsp3) is 0.400. The van der Waals surface area contributed by atoms with Crippen LogP contribution in [0.3, 0.4) is 0 Å². The Morgan fingerprint density at radius 3 is 2.72 bits per heavy atom. The van der Waals surface area contributed by atoms with Crippen LogP contribution in [0.15, 0.2) is 42.5 Å². The van der Waals surface area contributed by atoms with Crippen molar-refractivity contribution in [2.24, 2.45) is 0 Å². The minimum absolute atomic E-state index is 0.556. The third kappa shape index (κ3) is 5.36. The molecule has 1 N–H and O–H groups in total. The monoisotopic (exact) mass is 360 g/mol. The first-order valence-corrected chi connectivity index (χ1v) is 9.11. The fourth-order valence-electron chi connectivity index (χ4n) is 2.95. The lowest BCUT2D eigenvalue weighted by atomic mass is 10.2. The lowest BCUT2D eigenvalue weighted by molar-refractivity contribution is 0.171. The van der Waals surface area contributed by atoms with Crippen LogP contribution in [0, 0.1) is 0 Å². The molecule has 0 atom stereocenters. The van der Waals surface area contributed by atoms with Crippen LogP contribution in [-0.2, 0) is 13.1 Å². The van der Waals surface area contributed by atoms with Gasteiger partial charge >= 0.3 is 0 Å². The zero-order valence-electron chi connectivity index (χ0n) is 14.6. The van der Waals surface area contributed by atoms with Crippen molar-refractivity contribution in [1.82, 2.24) is 10.2 Å². The van der Waals surface area contributed by atoms with E-state index in [9.17, 15) is 0 Å².